The van der Waals surface area contributed by atoms with Crippen LogP contribution in [0.5, 0.6) is 5.75 Å². The Morgan fingerprint density at radius 1 is 1.35 bits per heavy atom. The summed E-state index contributed by atoms with van der Waals surface area (Å²) in [7, 11) is 0. The van der Waals surface area contributed by atoms with E-state index in [4.69, 9.17) is 9.84 Å². The molecular formula is C16H25NO3. The maximum atomic E-state index is 11.5. The first-order chi connectivity index (χ1) is 9.49. The number of hydrogen-bond donors (Lipinski definition) is 2. The van der Waals surface area contributed by atoms with Crippen LogP contribution < -0.4 is 10.1 Å². The van der Waals surface area contributed by atoms with Crippen molar-refractivity contribution in [3.63, 3.8) is 0 Å². The van der Waals surface area contributed by atoms with E-state index in [0.29, 0.717) is 26.0 Å². The van der Waals surface area contributed by atoms with Crippen molar-refractivity contribution >= 4 is 5.91 Å². The number of ether oxygens (including phenoxy) is 1. The molecule has 0 spiro atoms. The van der Waals surface area contributed by atoms with Gasteiger partial charge in [0.1, 0.15) is 5.75 Å². The molecule has 2 N–H and O–H groups in total. The third kappa shape index (κ3) is 6.57. The summed E-state index contributed by atoms with van der Waals surface area (Å²) in [6.45, 7) is 6.83. The SMILES string of the molecule is Cc1ccc(OCCC(=O)NCCCC(C)O)cc1C. The van der Waals surface area contributed by atoms with Gasteiger partial charge in [0.2, 0.25) is 5.91 Å². The highest BCUT2D eigenvalue weighted by molar-refractivity contribution is 5.75. The molecule has 4 nitrogen and oxygen atoms in total. The molecule has 1 atom stereocenters. The Kier molecular flexibility index (Phi) is 7.09. The molecule has 0 saturated heterocycles. The van der Waals surface area contributed by atoms with Crippen LogP contribution in [0.1, 0.15) is 37.3 Å². The zero-order valence-electron chi connectivity index (χ0n) is 12.6. The van der Waals surface area contributed by atoms with E-state index in [0.717, 1.165) is 12.2 Å². The van der Waals surface area contributed by atoms with E-state index in [1.54, 1.807) is 6.92 Å². The number of rotatable bonds is 8. The monoisotopic (exact) mass is 279 g/mol. The van der Waals surface area contributed by atoms with E-state index < -0.39 is 0 Å². The van der Waals surface area contributed by atoms with E-state index >= 15 is 0 Å². The Balaban J connectivity index is 2.16. The minimum Gasteiger partial charge on any atom is -0.493 e. The molecule has 0 aromatic heterocycles. The van der Waals surface area contributed by atoms with Crippen molar-refractivity contribution in [3.05, 3.63) is 29.3 Å². The van der Waals surface area contributed by atoms with Crippen molar-refractivity contribution in [2.45, 2.75) is 46.1 Å². The van der Waals surface area contributed by atoms with Crippen molar-refractivity contribution in [2.75, 3.05) is 13.2 Å². The number of hydrogen-bond acceptors (Lipinski definition) is 3. The van der Waals surface area contributed by atoms with E-state index in [1.807, 2.05) is 25.1 Å². The Morgan fingerprint density at radius 2 is 2.10 bits per heavy atom. The molecule has 0 bridgehead atoms. The lowest BCUT2D eigenvalue weighted by Gasteiger charge is -2.09. The minimum atomic E-state index is -0.306. The Hall–Kier alpha value is -1.55. The zero-order valence-corrected chi connectivity index (χ0v) is 12.6. The van der Waals surface area contributed by atoms with Crippen LogP contribution in [0.2, 0.25) is 0 Å². The largest absolute Gasteiger partial charge is 0.493 e. The molecule has 0 heterocycles. The lowest BCUT2D eigenvalue weighted by molar-refractivity contribution is -0.121. The maximum Gasteiger partial charge on any atom is 0.223 e. The molecule has 0 aliphatic carbocycles. The molecule has 0 radical (unpaired) electrons. The van der Waals surface area contributed by atoms with Crippen LogP contribution in [-0.2, 0) is 4.79 Å². The fourth-order valence-electron chi connectivity index (χ4n) is 1.78. The third-order valence-corrected chi connectivity index (χ3v) is 3.20. The summed E-state index contributed by atoms with van der Waals surface area (Å²) in [5.41, 5.74) is 2.42. The van der Waals surface area contributed by atoms with Crippen molar-refractivity contribution in [1.82, 2.24) is 5.32 Å². The van der Waals surface area contributed by atoms with E-state index in [1.165, 1.54) is 11.1 Å². The van der Waals surface area contributed by atoms with Gasteiger partial charge in [-0.25, -0.2) is 0 Å². The molecule has 112 valence electrons. The predicted octanol–water partition coefficient (Wildman–Crippen LogP) is 2.35. The lowest BCUT2D eigenvalue weighted by atomic mass is 10.1. The highest BCUT2D eigenvalue weighted by atomic mass is 16.5. The number of amides is 1. The molecule has 4 heteroatoms. The Labute approximate surface area is 121 Å². The van der Waals surface area contributed by atoms with Crippen LogP contribution in [0.4, 0.5) is 0 Å². The van der Waals surface area contributed by atoms with Gasteiger partial charge in [-0.3, -0.25) is 4.79 Å². The van der Waals surface area contributed by atoms with E-state index in [9.17, 15) is 4.79 Å². The van der Waals surface area contributed by atoms with Crippen LogP contribution in [-0.4, -0.2) is 30.3 Å². The number of benzene rings is 1. The van der Waals surface area contributed by atoms with Crippen LogP contribution in [0, 0.1) is 13.8 Å². The van der Waals surface area contributed by atoms with Gasteiger partial charge in [-0.05, 0) is 56.9 Å². The van der Waals surface area contributed by atoms with Crippen LogP contribution in [0.15, 0.2) is 18.2 Å². The molecule has 0 aliphatic heterocycles. The van der Waals surface area contributed by atoms with Crippen molar-refractivity contribution in [2.24, 2.45) is 0 Å². The average molecular weight is 279 g/mol. The molecule has 20 heavy (non-hydrogen) atoms. The Bertz CT molecular complexity index is 430. The van der Waals surface area contributed by atoms with Crippen molar-refractivity contribution in [3.8, 4) is 5.75 Å². The summed E-state index contributed by atoms with van der Waals surface area (Å²) in [6, 6.07) is 5.92. The number of carbonyl (C=O) groups is 1. The van der Waals surface area contributed by atoms with Crippen LogP contribution in [0.25, 0.3) is 0 Å². The van der Waals surface area contributed by atoms with Crippen molar-refractivity contribution < 1.29 is 14.6 Å². The molecule has 1 aromatic carbocycles. The Morgan fingerprint density at radius 3 is 2.75 bits per heavy atom. The fourth-order valence-corrected chi connectivity index (χ4v) is 1.78. The summed E-state index contributed by atoms with van der Waals surface area (Å²) >= 11 is 0. The zero-order chi connectivity index (χ0) is 15.0. The van der Waals surface area contributed by atoms with Gasteiger partial charge in [0.05, 0.1) is 19.1 Å². The predicted molar refractivity (Wildman–Crippen MR) is 80.0 cm³/mol. The smallest absolute Gasteiger partial charge is 0.223 e. The van der Waals surface area contributed by atoms with Crippen molar-refractivity contribution in [1.29, 1.82) is 0 Å². The maximum absolute atomic E-state index is 11.5. The average Bonchev–Trinajstić information content (AvgIpc) is 2.39. The summed E-state index contributed by atoms with van der Waals surface area (Å²) in [5.74, 6) is 0.787. The van der Waals surface area contributed by atoms with Gasteiger partial charge < -0.3 is 15.2 Å². The van der Waals surface area contributed by atoms with Gasteiger partial charge in [0.25, 0.3) is 0 Å². The second-order valence-corrected chi connectivity index (χ2v) is 5.19. The van der Waals surface area contributed by atoms with Crippen LogP contribution in [0.3, 0.4) is 0 Å². The van der Waals surface area contributed by atoms with Gasteiger partial charge >= 0.3 is 0 Å². The normalized spacial score (nSPS) is 12.0. The number of aliphatic hydroxyl groups is 1. The summed E-state index contributed by atoms with van der Waals surface area (Å²) in [6.07, 6.45) is 1.54. The number of carbonyl (C=O) groups excluding carboxylic acids is 1. The standard InChI is InChI=1S/C16H25NO3/c1-12-6-7-15(11-13(12)2)20-10-8-16(19)17-9-4-5-14(3)18/h6-7,11,14,18H,4-5,8-10H2,1-3H3,(H,17,19). The molecule has 1 unspecified atom stereocenters. The first kappa shape index (κ1) is 16.5. The minimum absolute atomic E-state index is 0.0144. The molecular weight excluding hydrogens is 254 g/mol. The summed E-state index contributed by atoms with van der Waals surface area (Å²) < 4.78 is 5.56. The summed E-state index contributed by atoms with van der Waals surface area (Å²) in [4.78, 5) is 11.5. The molecule has 1 rings (SSSR count). The quantitative estimate of drug-likeness (QED) is 0.718. The van der Waals surface area contributed by atoms with Gasteiger partial charge in [-0.15, -0.1) is 0 Å². The first-order valence-corrected chi connectivity index (χ1v) is 7.14. The molecule has 0 saturated carbocycles. The highest BCUT2D eigenvalue weighted by Crippen LogP contribution is 2.16. The molecule has 1 amide bonds. The number of aliphatic hydroxyl groups excluding tert-OH is 1. The topological polar surface area (TPSA) is 58.6 Å². The second-order valence-electron chi connectivity index (χ2n) is 5.19. The number of nitrogens with one attached hydrogen (secondary N) is 1. The van der Waals surface area contributed by atoms with Gasteiger partial charge in [-0.2, -0.15) is 0 Å². The van der Waals surface area contributed by atoms with E-state index in [-0.39, 0.29) is 12.0 Å². The second kappa shape index (κ2) is 8.59. The molecule has 0 fully saturated rings. The lowest BCUT2D eigenvalue weighted by Crippen LogP contribution is -2.26. The summed E-state index contributed by atoms with van der Waals surface area (Å²) in [5, 5.41) is 11.9. The number of aryl methyl sites for hydroxylation is 2. The highest BCUT2D eigenvalue weighted by Gasteiger charge is 2.03. The van der Waals surface area contributed by atoms with E-state index in [2.05, 4.69) is 12.2 Å². The first-order valence-electron chi connectivity index (χ1n) is 7.14. The molecule has 0 aliphatic rings. The third-order valence-electron chi connectivity index (χ3n) is 3.20. The molecule has 1 aromatic rings. The van der Waals surface area contributed by atoms with Crippen LogP contribution >= 0.6 is 0 Å². The fraction of sp³-hybridized carbons (Fsp3) is 0.562. The van der Waals surface area contributed by atoms with Gasteiger partial charge in [0.15, 0.2) is 0 Å². The van der Waals surface area contributed by atoms with Gasteiger partial charge in [-0.1, -0.05) is 6.07 Å². The van der Waals surface area contributed by atoms with Gasteiger partial charge in [0, 0.05) is 6.54 Å².